The smallest absolute Gasteiger partial charge is 0.221 e. The van der Waals surface area contributed by atoms with Gasteiger partial charge in [-0.2, -0.15) is 4.98 Å². The molecule has 0 aliphatic heterocycles. The van der Waals surface area contributed by atoms with Crippen LogP contribution in [0.5, 0.6) is 0 Å². The van der Waals surface area contributed by atoms with Gasteiger partial charge in [0.25, 0.3) is 0 Å². The van der Waals surface area contributed by atoms with E-state index in [1.54, 1.807) is 36.7 Å². The number of hydrogen-bond acceptors (Lipinski definition) is 7. The molecule has 0 radical (unpaired) electrons. The zero-order valence-electron chi connectivity index (χ0n) is 18.6. The number of nitrogens with two attached hydrogens (primary N) is 2. The Balaban J connectivity index is 1.67. The van der Waals surface area contributed by atoms with E-state index in [1.165, 1.54) is 11.6 Å². The highest BCUT2D eigenvalue weighted by molar-refractivity contribution is 5.64. The van der Waals surface area contributed by atoms with Crippen molar-refractivity contribution in [1.29, 1.82) is 0 Å². The Morgan fingerprint density at radius 3 is 2.58 bits per heavy atom. The quantitative estimate of drug-likeness (QED) is 0.440. The first-order valence-corrected chi connectivity index (χ1v) is 10.7. The zero-order valence-corrected chi connectivity index (χ0v) is 18.6. The maximum atomic E-state index is 14.3. The van der Waals surface area contributed by atoms with Crippen molar-refractivity contribution in [2.45, 2.75) is 25.8 Å². The third-order valence-electron chi connectivity index (χ3n) is 5.53. The van der Waals surface area contributed by atoms with Gasteiger partial charge in [0.2, 0.25) is 5.95 Å². The Morgan fingerprint density at radius 2 is 1.79 bits per heavy atom. The lowest BCUT2D eigenvalue weighted by Crippen LogP contribution is -2.18. The van der Waals surface area contributed by atoms with Crippen LogP contribution >= 0.6 is 0 Å². The van der Waals surface area contributed by atoms with E-state index in [9.17, 15) is 4.39 Å². The minimum atomic E-state index is -0.377. The van der Waals surface area contributed by atoms with Gasteiger partial charge in [-0.15, -0.1) is 0 Å². The van der Waals surface area contributed by atoms with E-state index in [1.807, 2.05) is 24.1 Å². The molecule has 33 heavy (non-hydrogen) atoms. The first kappa shape index (κ1) is 22.3. The summed E-state index contributed by atoms with van der Waals surface area (Å²) in [6.45, 7) is 2.62. The second kappa shape index (κ2) is 9.70. The van der Waals surface area contributed by atoms with Crippen LogP contribution in [-0.4, -0.2) is 27.0 Å². The molecule has 0 aliphatic rings. The summed E-state index contributed by atoms with van der Waals surface area (Å²) in [5.74, 6) is 1.40. The van der Waals surface area contributed by atoms with Crippen molar-refractivity contribution in [1.82, 2.24) is 19.9 Å². The van der Waals surface area contributed by atoms with E-state index in [0.29, 0.717) is 29.6 Å². The monoisotopic (exact) mass is 443 g/mol. The molecule has 8 heteroatoms. The average Bonchev–Trinajstić information content (AvgIpc) is 2.84. The number of aromatic nitrogens is 4. The number of benzene rings is 2. The highest BCUT2D eigenvalue weighted by Gasteiger charge is 2.20. The summed E-state index contributed by atoms with van der Waals surface area (Å²) in [5.41, 5.74) is 15.3. The molecule has 0 saturated carbocycles. The molecular formula is C25H26FN7. The van der Waals surface area contributed by atoms with Crippen molar-refractivity contribution in [2.24, 2.45) is 5.73 Å². The highest BCUT2D eigenvalue weighted by Crippen LogP contribution is 2.32. The van der Waals surface area contributed by atoms with Gasteiger partial charge in [0.1, 0.15) is 17.5 Å². The normalized spacial score (nSPS) is 11.9. The van der Waals surface area contributed by atoms with Gasteiger partial charge in [-0.25, -0.2) is 19.3 Å². The molecule has 2 aromatic carbocycles. The Bertz CT molecular complexity index is 1260. The minimum absolute atomic E-state index is 0.101. The lowest BCUT2D eigenvalue weighted by Gasteiger charge is -2.23. The third-order valence-corrected chi connectivity index (χ3v) is 5.53. The molecule has 1 atom stereocenters. The molecule has 168 valence electrons. The molecule has 7 nitrogen and oxygen atoms in total. The van der Waals surface area contributed by atoms with Crippen LogP contribution < -0.4 is 16.4 Å². The molecular weight excluding hydrogens is 417 g/mol. The SMILES string of the molecule is C[C@@H](Cc1cccc(CN)c1)c1cnc(N)nc1N(C)c1ccnc(-c2ccccc2F)n1. The van der Waals surface area contributed by atoms with Gasteiger partial charge >= 0.3 is 0 Å². The number of hydrogen-bond donors (Lipinski definition) is 2. The third kappa shape index (κ3) is 4.96. The van der Waals surface area contributed by atoms with E-state index in [2.05, 4.69) is 39.0 Å². The first-order valence-electron chi connectivity index (χ1n) is 10.7. The van der Waals surface area contributed by atoms with Gasteiger partial charge in [-0.05, 0) is 41.7 Å². The topological polar surface area (TPSA) is 107 Å². The minimum Gasteiger partial charge on any atom is -0.368 e. The van der Waals surface area contributed by atoms with Crippen molar-refractivity contribution in [2.75, 3.05) is 17.7 Å². The molecule has 4 rings (SSSR count). The lowest BCUT2D eigenvalue weighted by atomic mass is 9.94. The number of rotatable bonds is 7. The van der Waals surface area contributed by atoms with Crippen LogP contribution in [0.4, 0.5) is 22.0 Å². The van der Waals surface area contributed by atoms with E-state index in [0.717, 1.165) is 17.5 Å². The number of anilines is 3. The van der Waals surface area contributed by atoms with Crippen LogP contribution in [0, 0.1) is 5.82 Å². The van der Waals surface area contributed by atoms with E-state index in [-0.39, 0.29) is 17.7 Å². The Labute approximate surface area is 192 Å². The molecule has 0 fully saturated rings. The van der Waals surface area contributed by atoms with Gasteiger partial charge in [-0.1, -0.05) is 43.3 Å². The lowest BCUT2D eigenvalue weighted by molar-refractivity contribution is 0.630. The molecule has 0 unspecified atom stereocenters. The van der Waals surface area contributed by atoms with Crippen LogP contribution in [-0.2, 0) is 13.0 Å². The van der Waals surface area contributed by atoms with Gasteiger partial charge in [0, 0.05) is 31.5 Å². The van der Waals surface area contributed by atoms with Gasteiger partial charge in [0.15, 0.2) is 5.82 Å². The summed E-state index contributed by atoms with van der Waals surface area (Å²) in [5, 5.41) is 0. The predicted octanol–water partition coefficient (Wildman–Crippen LogP) is 4.23. The Morgan fingerprint density at radius 1 is 1.00 bits per heavy atom. The van der Waals surface area contributed by atoms with Gasteiger partial charge in [0.05, 0.1) is 5.56 Å². The van der Waals surface area contributed by atoms with Gasteiger partial charge in [-0.3, -0.25) is 0 Å². The Kier molecular flexibility index (Phi) is 6.55. The molecule has 0 amide bonds. The summed E-state index contributed by atoms with van der Waals surface area (Å²) >= 11 is 0. The summed E-state index contributed by atoms with van der Waals surface area (Å²) in [7, 11) is 1.85. The predicted molar refractivity (Wildman–Crippen MR) is 128 cm³/mol. The summed E-state index contributed by atoms with van der Waals surface area (Å²) in [4.78, 5) is 19.4. The van der Waals surface area contributed by atoms with Crippen LogP contribution in [0.1, 0.15) is 29.5 Å². The van der Waals surface area contributed by atoms with Crippen LogP contribution in [0.15, 0.2) is 67.0 Å². The molecule has 4 aromatic rings. The maximum absolute atomic E-state index is 14.3. The van der Waals surface area contributed by atoms with Crippen molar-refractivity contribution < 1.29 is 4.39 Å². The van der Waals surface area contributed by atoms with Gasteiger partial charge < -0.3 is 16.4 Å². The van der Waals surface area contributed by atoms with E-state index >= 15 is 0 Å². The Hall–Kier alpha value is -3.91. The molecule has 2 heterocycles. The van der Waals surface area contributed by atoms with E-state index in [4.69, 9.17) is 11.5 Å². The second-order valence-corrected chi connectivity index (χ2v) is 7.91. The largest absolute Gasteiger partial charge is 0.368 e. The fourth-order valence-electron chi connectivity index (χ4n) is 3.78. The van der Waals surface area contributed by atoms with E-state index < -0.39 is 0 Å². The summed E-state index contributed by atoms with van der Waals surface area (Å²) in [6, 6.07) is 16.4. The summed E-state index contributed by atoms with van der Waals surface area (Å²) < 4.78 is 14.3. The average molecular weight is 444 g/mol. The van der Waals surface area contributed by atoms with Crippen molar-refractivity contribution in [3.05, 3.63) is 89.5 Å². The van der Waals surface area contributed by atoms with Crippen LogP contribution in [0.3, 0.4) is 0 Å². The van der Waals surface area contributed by atoms with Crippen LogP contribution in [0.2, 0.25) is 0 Å². The molecule has 2 aromatic heterocycles. The molecule has 0 bridgehead atoms. The first-order chi connectivity index (χ1) is 16.0. The summed E-state index contributed by atoms with van der Waals surface area (Å²) in [6.07, 6.45) is 4.14. The van der Waals surface area contributed by atoms with Crippen LogP contribution in [0.25, 0.3) is 11.4 Å². The fourth-order valence-corrected chi connectivity index (χ4v) is 3.78. The van der Waals surface area contributed by atoms with Crippen molar-refractivity contribution in [3.63, 3.8) is 0 Å². The van der Waals surface area contributed by atoms with Crippen molar-refractivity contribution in [3.8, 4) is 11.4 Å². The van der Waals surface area contributed by atoms with Crippen molar-refractivity contribution >= 4 is 17.6 Å². The molecule has 0 aliphatic carbocycles. The number of nitrogen functional groups attached to an aromatic ring is 1. The molecule has 4 N–H and O–H groups in total. The second-order valence-electron chi connectivity index (χ2n) is 7.91. The zero-order chi connectivity index (χ0) is 23.4. The molecule has 0 spiro atoms. The fraction of sp³-hybridized carbons (Fsp3) is 0.200. The standard InChI is InChI=1S/C25H26FN7/c1-16(12-17-6-5-7-18(13-17)14-27)20-15-30-25(28)32-24(20)33(2)22-10-11-29-23(31-22)19-8-3-4-9-21(19)26/h3-11,13,15-16H,12,14,27H2,1-2H3,(H2,28,30,32)/t16-/m0/s1. The number of nitrogens with zero attached hydrogens (tertiary/aromatic N) is 5. The highest BCUT2D eigenvalue weighted by atomic mass is 19.1. The maximum Gasteiger partial charge on any atom is 0.221 e. The number of halogens is 1. The molecule has 0 saturated heterocycles.